The summed E-state index contributed by atoms with van der Waals surface area (Å²) >= 11 is 0. The lowest BCUT2D eigenvalue weighted by molar-refractivity contribution is 1.07. The first-order valence-electron chi connectivity index (χ1n) is 5.05. The highest BCUT2D eigenvalue weighted by molar-refractivity contribution is 5.79. The lowest BCUT2D eigenvalue weighted by atomic mass is 10.2. The van der Waals surface area contributed by atoms with Gasteiger partial charge in [-0.2, -0.15) is 5.10 Å². The van der Waals surface area contributed by atoms with Crippen molar-refractivity contribution in [1.29, 1.82) is 0 Å². The topological polar surface area (TPSA) is 83.4 Å². The van der Waals surface area contributed by atoms with Gasteiger partial charge in [-0.25, -0.2) is 4.98 Å². The van der Waals surface area contributed by atoms with Crippen LogP contribution < -0.4 is 5.73 Å². The molecule has 5 nitrogen and oxygen atoms in total. The molecule has 80 valence electrons. The second-order valence-electron chi connectivity index (χ2n) is 3.61. The Kier molecular flexibility index (Phi) is 1.97. The highest BCUT2D eigenvalue weighted by Crippen LogP contribution is 2.19. The summed E-state index contributed by atoms with van der Waals surface area (Å²) in [7, 11) is 0. The summed E-state index contributed by atoms with van der Waals surface area (Å²) < 4.78 is 0. The number of aromatic nitrogens is 4. The molecule has 0 amide bonds. The zero-order valence-corrected chi connectivity index (χ0v) is 8.57. The van der Waals surface area contributed by atoms with Gasteiger partial charge in [-0.3, -0.25) is 5.10 Å². The second kappa shape index (κ2) is 3.46. The Bertz CT molecular complexity index is 608. The first-order chi connectivity index (χ1) is 7.86. The predicted octanol–water partition coefficient (Wildman–Crippen LogP) is 1.41. The summed E-state index contributed by atoms with van der Waals surface area (Å²) in [4.78, 5) is 7.70. The zero-order chi connectivity index (χ0) is 11.0. The van der Waals surface area contributed by atoms with Crippen molar-refractivity contribution in [3.63, 3.8) is 0 Å². The number of hydrogen-bond acceptors (Lipinski definition) is 3. The highest BCUT2D eigenvalue weighted by atomic mass is 15.1. The van der Waals surface area contributed by atoms with Crippen LogP contribution in [-0.4, -0.2) is 20.2 Å². The van der Waals surface area contributed by atoms with E-state index in [0.29, 0.717) is 6.54 Å². The normalized spacial score (nSPS) is 11.1. The zero-order valence-electron chi connectivity index (χ0n) is 8.57. The van der Waals surface area contributed by atoms with Crippen LogP contribution in [0.5, 0.6) is 0 Å². The number of H-pyrrole nitrogens is 2. The summed E-state index contributed by atoms with van der Waals surface area (Å²) in [6.07, 6.45) is 1.70. The number of aromatic amines is 2. The summed E-state index contributed by atoms with van der Waals surface area (Å²) in [6, 6.07) is 7.84. The van der Waals surface area contributed by atoms with Gasteiger partial charge < -0.3 is 10.7 Å². The van der Waals surface area contributed by atoms with Gasteiger partial charge in [-0.15, -0.1) is 0 Å². The average molecular weight is 213 g/mol. The van der Waals surface area contributed by atoms with Crippen molar-refractivity contribution < 1.29 is 0 Å². The molecule has 3 rings (SSSR count). The van der Waals surface area contributed by atoms with Gasteiger partial charge >= 0.3 is 0 Å². The maximum atomic E-state index is 5.59. The minimum absolute atomic E-state index is 0.536. The van der Waals surface area contributed by atoms with Crippen LogP contribution in [0.3, 0.4) is 0 Å². The Labute approximate surface area is 91.7 Å². The Balaban J connectivity index is 2.16. The van der Waals surface area contributed by atoms with Crippen LogP contribution in [0.2, 0.25) is 0 Å². The van der Waals surface area contributed by atoms with Gasteiger partial charge in [0.15, 0.2) is 5.82 Å². The van der Waals surface area contributed by atoms with Crippen molar-refractivity contribution in [3.05, 3.63) is 36.0 Å². The standard InChI is InChI=1S/C11H11N5/c12-6-7-1-2-8-10(5-7)15-11(14-8)9-3-4-13-16-9/h1-5H,6,12H2,(H,13,16)(H,14,15). The van der Waals surface area contributed by atoms with Crippen LogP contribution in [0.4, 0.5) is 0 Å². The molecule has 1 aromatic carbocycles. The third kappa shape index (κ3) is 1.38. The maximum absolute atomic E-state index is 5.59. The van der Waals surface area contributed by atoms with E-state index < -0.39 is 0 Å². The molecule has 5 heteroatoms. The molecule has 0 radical (unpaired) electrons. The summed E-state index contributed by atoms with van der Waals surface area (Å²) in [6.45, 7) is 0.536. The number of hydrogen-bond donors (Lipinski definition) is 3. The Morgan fingerprint density at radius 2 is 2.19 bits per heavy atom. The lowest BCUT2D eigenvalue weighted by Crippen LogP contribution is -1.95. The number of nitrogens with zero attached hydrogens (tertiary/aromatic N) is 2. The molecule has 0 fully saturated rings. The van der Waals surface area contributed by atoms with E-state index >= 15 is 0 Å². The van der Waals surface area contributed by atoms with E-state index in [1.54, 1.807) is 6.20 Å². The van der Waals surface area contributed by atoms with Crippen molar-refractivity contribution in [3.8, 4) is 11.5 Å². The van der Waals surface area contributed by atoms with E-state index in [4.69, 9.17) is 5.73 Å². The summed E-state index contributed by atoms with van der Waals surface area (Å²) in [5.41, 5.74) is 9.49. The number of rotatable bonds is 2. The molecule has 0 unspecified atom stereocenters. The van der Waals surface area contributed by atoms with Crippen molar-refractivity contribution in [1.82, 2.24) is 20.2 Å². The van der Waals surface area contributed by atoms with Crippen LogP contribution in [0.25, 0.3) is 22.6 Å². The van der Waals surface area contributed by atoms with Crippen LogP contribution >= 0.6 is 0 Å². The fourth-order valence-electron chi connectivity index (χ4n) is 1.70. The molecule has 0 aliphatic heterocycles. The molecule has 0 spiro atoms. The van der Waals surface area contributed by atoms with Gasteiger partial charge in [-0.05, 0) is 23.8 Å². The Morgan fingerprint density at radius 3 is 2.94 bits per heavy atom. The fraction of sp³-hybridized carbons (Fsp3) is 0.0909. The molecule has 3 aromatic rings. The molecule has 0 atom stereocenters. The highest BCUT2D eigenvalue weighted by Gasteiger charge is 2.06. The van der Waals surface area contributed by atoms with Gasteiger partial charge in [-0.1, -0.05) is 6.07 Å². The summed E-state index contributed by atoms with van der Waals surface area (Å²) in [5, 5.41) is 6.77. The monoisotopic (exact) mass is 213 g/mol. The minimum atomic E-state index is 0.536. The van der Waals surface area contributed by atoms with Crippen molar-refractivity contribution in [2.24, 2.45) is 5.73 Å². The molecular weight excluding hydrogens is 202 g/mol. The van der Waals surface area contributed by atoms with Gasteiger partial charge in [0.25, 0.3) is 0 Å². The first-order valence-corrected chi connectivity index (χ1v) is 5.05. The summed E-state index contributed by atoms with van der Waals surface area (Å²) in [5.74, 6) is 0.793. The third-order valence-corrected chi connectivity index (χ3v) is 2.54. The molecule has 2 heterocycles. The van der Waals surface area contributed by atoms with E-state index in [1.807, 2.05) is 24.3 Å². The average Bonchev–Trinajstić information content (AvgIpc) is 2.96. The number of imidazole rings is 1. The largest absolute Gasteiger partial charge is 0.337 e. The molecule has 2 aromatic heterocycles. The molecule has 4 N–H and O–H groups in total. The van der Waals surface area contributed by atoms with Gasteiger partial charge in [0.1, 0.15) is 5.69 Å². The van der Waals surface area contributed by atoms with Crippen LogP contribution in [0.1, 0.15) is 5.56 Å². The van der Waals surface area contributed by atoms with E-state index in [9.17, 15) is 0 Å². The minimum Gasteiger partial charge on any atom is -0.337 e. The van der Waals surface area contributed by atoms with Crippen molar-refractivity contribution in [2.75, 3.05) is 0 Å². The van der Waals surface area contributed by atoms with E-state index in [2.05, 4.69) is 20.2 Å². The molecule has 0 bridgehead atoms. The predicted molar refractivity (Wildman–Crippen MR) is 61.6 cm³/mol. The molecule has 0 aliphatic rings. The second-order valence-corrected chi connectivity index (χ2v) is 3.61. The Morgan fingerprint density at radius 1 is 1.25 bits per heavy atom. The van der Waals surface area contributed by atoms with E-state index in [1.165, 1.54) is 0 Å². The number of nitrogens with one attached hydrogen (secondary N) is 2. The first kappa shape index (κ1) is 9.11. The van der Waals surface area contributed by atoms with Crippen molar-refractivity contribution in [2.45, 2.75) is 6.54 Å². The van der Waals surface area contributed by atoms with Crippen LogP contribution in [0, 0.1) is 0 Å². The smallest absolute Gasteiger partial charge is 0.156 e. The van der Waals surface area contributed by atoms with Gasteiger partial charge in [0.05, 0.1) is 11.0 Å². The molecule has 0 aliphatic carbocycles. The maximum Gasteiger partial charge on any atom is 0.156 e. The fourth-order valence-corrected chi connectivity index (χ4v) is 1.70. The number of benzene rings is 1. The molecule has 16 heavy (non-hydrogen) atoms. The Hall–Kier alpha value is -2.14. The molecular formula is C11H11N5. The third-order valence-electron chi connectivity index (χ3n) is 2.54. The molecule has 0 saturated carbocycles. The van der Waals surface area contributed by atoms with Crippen molar-refractivity contribution >= 4 is 11.0 Å². The van der Waals surface area contributed by atoms with Gasteiger partial charge in [0.2, 0.25) is 0 Å². The van der Waals surface area contributed by atoms with Crippen LogP contribution in [-0.2, 0) is 6.54 Å². The number of nitrogens with two attached hydrogens (primary N) is 1. The number of fused-ring (bicyclic) bond motifs is 1. The van der Waals surface area contributed by atoms with Gasteiger partial charge in [0, 0.05) is 12.7 Å². The quantitative estimate of drug-likeness (QED) is 0.601. The van der Waals surface area contributed by atoms with E-state index in [-0.39, 0.29) is 0 Å². The molecule has 0 saturated heterocycles. The lowest BCUT2D eigenvalue weighted by Gasteiger charge is -1.94. The SMILES string of the molecule is NCc1ccc2nc(-c3ccn[nH]3)[nH]c2c1. The van der Waals surface area contributed by atoms with Crippen LogP contribution in [0.15, 0.2) is 30.5 Å². The van der Waals surface area contributed by atoms with E-state index in [0.717, 1.165) is 28.1 Å².